The van der Waals surface area contributed by atoms with Crippen molar-refractivity contribution in [3.05, 3.63) is 105 Å². The second kappa shape index (κ2) is 15.9. The Hall–Kier alpha value is -6.29. The van der Waals surface area contributed by atoms with E-state index >= 15 is 4.39 Å². The number of imide groups is 2. The molecule has 3 aromatic carbocycles. The van der Waals surface area contributed by atoms with E-state index in [1.165, 1.54) is 6.07 Å². The van der Waals surface area contributed by atoms with Crippen molar-refractivity contribution in [3.8, 4) is 0 Å². The number of hydrogen-bond donors (Lipinski definition) is 2. The maximum Gasteiger partial charge on any atom is 0.272 e. The summed E-state index contributed by atoms with van der Waals surface area (Å²) in [6, 6.07) is 16.4. The quantitative estimate of drug-likeness (QED) is 0.263. The van der Waals surface area contributed by atoms with Crippen LogP contribution in [0, 0.1) is 23.6 Å². The lowest BCUT2D eigenvalue weighted by molar-refractivity contribution is -0.139. The first kappa shape index (κ1) is 39.8. The zero-order valence-electron chi connectivity index (χ0n) is 34.2. The number of rotatable bonds is 7. The Bertz CT molecular complexity index is 2590. The summed E-state index contributed by atoms with van der Waals surface area (Å²) < 4.78 is 15.1. The van der Waals surface area contributed by atoms with Gasteiger partial charge >= 0.3 is 0 Å². The minimum atomic E-state index is -0.991. The van der Waals surface area contributed by atoms with Crippen molar-refractivity contribution in [2.45, 2.75) is 57.0 Å². The van der Waals surface area contributed by atoms with Crippen LogP contribution in [0.25, 0.3) is 10.8 Å². The molecule has 6 heterocycles. The summed E-state index contributed by atoms with van der Waals surface area (Å²) >= 11 is 0. The van der Waals surface area contributed by atoms with Gasteiger partial charge < -0.3 is 19.6 Å². The number of benzene rings is 3. The number of nitrogens with one attached hydrogen (secondary N) is 2. The Morgan fingerprint density at radius 1 is 0.758 bits per heavy atom. The second-order valence-corrected chi connectivity index (χ2v) is 17.7. The van der Waals surface area contributed by atoms with E-state index < -0.39 is 41.4 Å². The van der Waals surface area contributed by atoms with Crippen LogP contribution in [0.4, 0.5) is 10.1 Å². The number of hydrogen-bond acceptors (Lipinski definition) is 10. The Morgan fingerprint density at radius 3 is 2.18 bits per heavy atom. The van der Waals surface area contributed by atoms with E-state index in [1.54, 1.807) is 41.3 Å². The molecule has 4 atom stereocenters. The molecule has 0 bridgehead atoms. The number of halogens is 1. The van der Waals surface area contributed by atoms with E-state index in [-0.39, 0.29) is 41.4 Å². The monoisotopic (exact) mass is 842 g/mol. The number of aromatic amines is 1. The number of H-pyrrole nitrogens is 1. The van der Waals surface area contributed by atoms with Crippen LogP contribution in [0.15, 0.2) is 65.5 Å². The van der Waals surface area contributed by atoms with Crippen LogP contribution in [-0.4, -0.2) is 130 Å². The highest BCUT2D eigenvalue weighted by Gasteiger charge is 2.47. The zero-order valence-corrected chi connectivity index (χ0v) is 34.2. The summed E-state index contributed by atoms with van der Waals surface area (Å²) in [7, 11) is 0. The van der Waals surface area contributed by atoms with E-state index in [9.17, 15) is 33.6 Å². The number of nitrogens with zero attached hydrogens (tertiary/aromatic N) is 6. The van der Waals surface area contributed by atoms with Crippen LogP contribution in [0.2, 0.25) is 0 Å². The molecule has 5 fully saturated rings. The topological polar surface area (TPSA) is 176 Å². The number of piperidine rings is 2. The summed E-state index contributed by atoms with van der Waals surface area (Å²) in [5, 5.41) is 10.2. The van der Waals surface area contributed by atoms with Gasteiger partial charge in [-0.25, -0.2) is 9.49 Å². The van der Waals surface area contributed by atoms with Crippen LogP contribution in [0.3, 0.4) is 0 Å². The lowest BCUT2D eigenvalue weighted by atomic mass is 9.93. The molecule has 2 N–H and O–H groups in total. The molecule has 6 aliphatic rings. The molecule has 6 amide bonds. The van der Waals surface area contributed by atoms with Crippen molar-refractivity contribution in [2.75, 3.05) is 57.3 Å². The predicted molar refractivity (Wildman–Crippen MR) is 224 cm³/mol. The van der Waals surface area contributed by atoms with Gasteiger partial charge in [0.25, 0.3) is 23.3 Å². The first-order valence-electron chi connectivity index (χ1n) is 21.7. The van der Waals surface area contributed by atoms with Crippen molar-refractivity contribution >= 4 is 51.9 Å². The molecule has 62 heavy (non-hydrogen) atoms. The van der Waals surface area contributed by atoms with Crippen molar-refractivity contribution in [3.63, 3.8) is 0 Å². The molecule has 2 unspecified atom stereocenters. The molecule has 4 aromatic rings. The third-order valence-electron chi connectivity index (χ3n) is 14.2. The second-order valence-electron chi connectivity index (χ2n) is 17.7. The largest absolute Gasteiger partial charge is 0.371 e. The molecule has 320 valence electrons. The Morgan fingerprint density at radius 2 is 1.45 bits per heavy atom. The first-order valence-corrected chi connectivity index (χ1v) is 21.7. The molecular weight excluding hydrogens is 796 g/mol. The predicted octanol–water partition coefficient (Wildman–Crippen LogP) is 2.97. The number of aromatic nitrogens is 2. The van der Waals surface area contributed by atoms with Crippen LogP contribution in [0.5, 0.6) is 0 Å². The maximum atomic E-state index is 15.1. The van der Waals surface area contributed by atoms with Gasteiger partial charge in [-0.2, -0.15) is 5.10 Å². The normalized spacial score (nSPS) is 24.5. The lowest BCUT2D eigenvalue weighted by Gasteiger charge is -2.40. The summed E-state index contributed by atoms with van der Waals surface area (Å²) in [5.41, 5.74) is 2.47. The lowest BCUT2D eigenvalue weighted by Crippen LogP contribution is -2.54. The molecule has 1 aromatic heterocycles. The highest BCUT2D eigenvalue weighted by atomic mass is 19.1. The molecular formula is C46H47FN8O7. The van der Waals surface area contributed by atoms with Gasteiger partial charge in [0, 0.05) is 75.1 Å². The molecule has 16 heteroatoms. The number of anilines is 1. The molecule has 0 spiro atoms. The fraction of sp³-hybridized carbons (Fsp3) is 0.435. The Balaban J connectivity index is 0.692. The minimum absolute atomic E-state index is 0.0235. The summed E-state index contributed by atoms with van der Waals surface area (Å²) in [5.74, 6) is -2.00. The average Bonchev–Trinajstić information content (AvgIpc) is 3.95. The molecule has 1 aliphatic carbocycles. The van der Waals surface area contributed by atoms with Gasteiger partial charge in [0.05, 0.1) is 27.8 Å². The molecule has 5 aliphatic heterocycles. The highest BCUT2D eigenvalue weighted by molar-refractivity contribution is 6.23. The smallest absolute Gasteiger partial charge is 0.272 e. The number of amides is 6. The maximum absolute atomic E-state index is 15.1. The number of fused-ring (bicyclic) bond motifs is 3. The number of piperazine rings is 1. The molecule has 0 radical (unpaired) electrons. The van der Waals surface area contributed by atoms with Gasteiger partial charge in [-0.15, -0.1) is 0 Å². The van der Waals surface area contributed by atoms with Crippen LogP contribution < -0.4 is 15.8 Å². The number of likely N-dealkylation sites (tertiary alicyclic amines) is 1. The van der Waals surface area contributed by atoms with Gasteiger partial charge in [0.15, 0.2) is 0 Å². The minimum Gasteiger partial charge on any atom is -0.371 e. The summed E-state index contributed by atoms with van der Waals surface area (Å²) in [6.45, 7) is 4.85. The molecule has 1 saturated carbocycles. The standard InChI is InChI=1S/C46H47FN8O7/c47-37-8-5-26(20-38-32-3-1-2-4-33(32)41(57)50-49-38)19-36(37)44(60)53-17-15-52(16-18-53)43(59)27-11-13-51(14-12-27)31-21-28-24-54(25-29(28)22-31)30-6-7-34-35(23-30)46(62)55(45(34)61)39-9-10-40(56)48-42(39)58/h1-8,19,23,27-29,31,39H,9-18,20-22,24-25H2,(H,50,57)(H,48,56,58)/t28-,29+,31?,39?. The van der Waals surface area contributed by atoms with E-state index in [0.717, 1.165) is 62.4 Å². The van der Waals surface area contributed by atoms with Gasteiger partial charge in [0.1, 0.15) is 11.9 Å². The van der Waals surface area contributed by atoms with E-state index in [4.69, 9.17) is 0 Å². The third kappa shape index (κ3) is 7.13. The van der Waals surface area contributed by atoms with Gasteiger partial charge in [-0.1, -0.05) is 24.3 Å². The average molecular weight is 843 g/mol. The number of carbonyl (C=O) groups excluding carboxylic acids is 6. The van der Waals surface area contributed by atoms with Crippen molar-refractivity contribution < 1.29 is 33.2 Å². The van der Waals surface area contributed by atoms with Crippen molar-refractivity contribution in [1.82, 2.24) is 35.1 Å². The fourth-order valence-corrected chi connectivity index (χ4v) is 10.8. The van der Waals surface area contributed by atoms with Crippen LogP contribution >= 0.6 is 0 Å². The Kier molecular flexibility index (Phi) is 10.2. The molecule has 15 nitrogen and oxygen atoms in total. The van der Waals surface area contributed by atoms with Crippen molar-refractivity contribution in [2.24, 2.45) is 17.8 Å². The van der Waals surface area contributed by atoms with Crippen LogP contribution in [-0.2, 0) is 20.8 Å². The number of carbonyl (C=O) groups is 6. The van der Waals surface area contributed by atoms with Crippen LogP contribution in [0.1, 0.15) is 80.9 Å². The van der Waals surface area contributed by atoms with Gasteiger partial charge in [0.2, 0.25) is 17.7 Å². The summed E-state index contributed by atoms with van der Waals surface area (Å²) in [6.07, 6.45) is 4.19. The van der Waals surface area contributed by atoms with Crippen molar-refractivity contribution in [1.29, 1.82) is 0 Å². The summed E-state index contributed by atoms with van der Waals surface area (Å²) in [4.78, 5) is 99.6. The third-order valence-corrected chi connectivity index (χ3v) is 14.2. The highest BCUT2D eigenvalue weighted by Crippen LogP contribution is 2.43. The first-order chi connectivity index (χ1) is 30.0. The van der Waals surface area contributed by atoms with E-state index in [1.807, 2.05) is 23.1 Å². The Labute approximate surface area is 356 Å². The molecule has 10 rings (SSSR count). The van der Waals surface area contributed by atoms with Gasteiger partial charge in [-0.3, -0.25) is 43.8 Å². The fourth-order valence-electron chi connectivity index (χ4n) is 10.8. The SMILES string of the molecule is O=C1CCC(N2C(=O)c3ccc(N4C[C@H]5CC(N6CCC(C(=O)N7CCN(C(=O)c8cc(Cc9n[nH]c(=O)c%10ccccc9%10)ccc8F)CC7)CC6)C[C@H]5C4)cc3C2=O)C(=O)N1. The van der Waals surface area contributed by atoms with Gasteiger partial charge in [-0.05, 0) is 99.0 Å². The van der Waals surface area contributed by atoms with E-state index in [2.05, 4.69) is 25.3 Å². The molecule has 4 saturated heterocycles. The van der Waals surface area contributed by atoms with E-state index in [0.29, 0.717) is 78.1 Å². The zero-order chi connectivity index (χ0) is 42.8.